The lowest BCUT2D eigenvalue weighted by atomic mass is 9.96. The molecule has 0 amide bonds. The molecule has 3 rings (SSSR count). The SMILES string of the molecule is Nc1ccc(N2CCC(CN3CCCC3)CC2)cc1N. The lowest BCUT2D eigenvalue weighted by molar-refractivity contribution is 0.249. The van der Waals surface area contributed by atoms with Crippen molar-refractivity contribution in [2.24, 2.45) is 5.92 Å². The highest BCUT2D eigenvalue weighted by Crippen LogP contribution is 2.28. The summed E-state index contributed by atoms with van der Waals surface area (Å²) < 4.78 is 0. The maximum Gasteiger partial charge on any atom is 0.0568 e. The predicted molar refractivity (Wildman–Crippen MR) is 85.9 cm³/mol. The normalized spacial score (nSPS) is 21.5. The fourth-order valence-corrected chi connectivity index (χ4v) is 3.46. The Hall–Kier alpha value is -1.42. The molecule has 2 saturated heterocycles. The van der Waals surface area contributed by atoms with Gasteiger partial charge in [-0.05, 0) is 62.9 Å². The van der Waals surface area contributed by atoms with E-state index in [0.717, 1.165) is 19.0 Å². The summed E-state index contributed by atoms with van der Waals surface area (Å²) in [5, 5.41) is 0. The Kier molecular flexibility index (Phi) is 4.01. The van der Waals surface area contributed by atoms with E-state index in [1.165, 1.54) is 51.0 Å². The van der Waals surface area contributed by atoms with E-state index in [1.807, 2.05) is 12.1 Å². The Morgan fingerprint density at radius 1 is 0.950 bits per heavy atom. The van der Waals surface area contributed by atoms with E-state index in [0.29, 0.717) is 11.4 Å². The summed E-state index contributed by atoms with van der Waals surface area (Å²) in [4.78, 5) is 5.08. The predicted octanol–water partition coefficient (Wildman–Crippen LogP) is 2.16. The van der Waals surface area contributed by atoms with E-state index in [2.05, 4.69) is 15.9 Å². The van der Waals surface area contributed by atoms with E-state index in [1.54, 1.807) is 0 Å². The smallest absolute Gasteiger partial charge is 0.0568 e. The van der Waals surface area contributed by atoms with E-state index >= 15 is 0 Å². The number of nitrogens with two attached hydrogens (primary N) is 2. The molecule has 0 spiro atoms. The third kappa shape index (κ3) is 3.01. The Labute approximate surface area is 121 Å². The summed E-state index contributed by atoms with van der Waals surface area (Å²) in [5.74, 6) is 0.871. The quantitative estimate of drug-likeness (QED) is 0.829. The molecule has 0 saturated carbocycles. The van der Waals surface area contributed by atoms with Gasteiger partial charge in [0.2, 0.25) is 0 Å². The molecular weight excluding hydrogens is 248 g/mol. The number of benzene rings is 1. The highest BCUT2D eigenvalue weighted by molar-refractivity contribution is 5.69. The molecular formula is C16H26N4. The van der Waals surface area contributed by atoms with Crippen molar-refractivity contribution in [2.45, 2.75) is 25.7 Å². The Morgan fingerprint density at radius 3 is 2.30 bits per heavy atom. The average Bonchev–Trinajstić information content (AvgIpc) is 2.96. The van der Waals surface area contributed by atoms with Gasteiger partial charge in [-0.2, -0.15) is 0 Å². The molecule has 0 aliphatic carbocycles. The first-order valence-corrected chi connectivity index (χ1v) is 7.84. The van der Waals surface area contributed by atoms with Crippen LogP contribution in [0.5, 0.6) is 0 Å². The van der Waals surface area contributed by atoms with Crippen LogP contribution < -0.4 is 16.4 Å². The largest absolute Gasteiger partial charge is 0.397 e. The number of hydrogen-bond acceptors (Lipinski definition) is 4. The van der Waals surface area contributed by atoms with Crippen molar-refractivity contribution >= 4 is 17.1 Å². The van der Waals surface area contributed by atoms with Crippen LogP contribution in [0.1, 0.15) is 25.7 Å². The van der Waals surface area contributed by atoms with Crippen LogP contribution in [0, 0.1) is 5.92 Å². The molecule has 4 heteroatoms. The molecule has 0 radical (unpaired) electrons. The molecule has 110 valence electrons. The second kappa shape index (κ2) is 5.92. The molecule has 2 fully saturated rings. The molecule has 0 atom stereocenters. The molecule has 2 aliphatic heterocycles. The minimum Gasteiger partial charge on any atom is -0.397 e. The lowest BCUT2D eigenvalue weighted by Crippen LogP contribution is -2.38. The van der Waals surface area contributed by atoms with Gasteiger partial charge in [0.1, 0.15) is 0 Å². The van der Waals surface area contributed by atoms with Crippen molar-refractivity contribution in [1.82, 2.24) is 4.90 Å². The van der Waals surface area contributed by atoms with Crippen molar-refractivity contribution in [3.05, 3.63) is 18.2 Å². The van der Waals surface area contributed by atoms with Gasteiger partial charge in [-0.1, -0.05) is 0 Å². The summed E-state index contributed by atoms with van der Waals surface area (Å²) in [6.07, 6.45) is 5.37. The van der Waals surface area contributed by atoms with E-state index in [-0.39, 0.29) is 0 Å². The van der Waals surface area contributed by atoms with Crippen LogP contribution in [0.4, 0.5) is 17.1 Å². The lowest BCUT2D eigenvalue weighted by Gasteiger charge is -2.35. The van der Waals surface area contributed by atoms with Crippen LogP contribution in [-0.4, -0.2) is 37.6 Å². The minimum absolute atomic E-state index is 0.678. The van der Waals surface area contributed by atoms with Crippen LogP contribution in [0.3, 0.4) is 0 Å². The standard InChI is InChI=1S/C16H26N4/c17-15-4-3-14(11-16(15)18)20-9-5-13(6-10-20)12-19-7-1-2-8-19/h3-4,11,13H,1-2,5-10,12,17-18H2. The fourth-order valence-electron chi connectivity index (χ4n) is 3.46. The van der Waals surface area contributed by atoms with Crippen LogP contribution in [0.25, 0.3) is 0 Å². The molecule has 0 aromatic heterocycles. The van der Waals surface area contributed by atoms with Gasteiger partial charge in [-0.3, -0.25) is 0 Å². The molecule has 4 N–H and O–H groups in total. The number of nitrogen functional groups attached to an aromatic ring is 2. The van der Waals surface area contributed by atoms with Crippen molar-refractivity contribution in [1.29, 1.82) is 0 Å². The Bertz CT molecular complexity index is 446. The van der Waals surface area contributed by atoms with Crippen LogP contribution in [0.15, 0.2) is 18.2 Å². The van der Waals surface area contributed by atoms with Crippen LogP contribution in [0.2, 0.25) is 0 Å². The summed E-state index contributed by atoms with van der Waals surface area (Å²) in [6, 6.07) is 6.02. The van der Waals surface area contributed by atoms with Gasteiger partial charge in [-0.25, -0.2) is 0 Å². The zero-order chi connectivity index (χ0) is 13.9. The van der Waals surface area contributed by atoms with Gasteiger partial charge in [-0.15, -0.1) is 0 Å². The van der Waals surface area contributed by atoms with Crippen LogP contribution in [-0.2, 0) is 0 Å². The van der Waals surface area contributed by atoms with Crippen molar-refractivity contribution < 1.29 is 0 Å². The Balaban J connectivity index is 1.53. The number of anilines is 3. The van der Waals surface area contributed by atoms with E-state index in [9.17, 15) is 0 Å². The monoisotopic (exact) mass is 274 g/mol. The summed E-state index contributed by atoms with van der Waals surface area (Å²) in [7, 11) is 0. The second-order valence-corrected chi connectivity index (χ2v) is 6.25. The van der Waals surface area contributed by atoms with Gasteiger partial charge < -0.3 is 21.3 Å². The Morgan fingerprint density at radius 2 is 1.65 bits per heavy atom. The molecule has 1 aromatic rings. The number of likely N-dealkylation sites (tertiary alicyclic amines) is 1. The first kappa shape index (κ1) is 13.6. The van der Waals surface area contributed by atoms with Gasteiger partial charge in [0.25, 0.3) is 0 Å². The summed E-state index contributed by atoms with van der Waals surface area (Å²) >= 11 is 0. The fraction of sp³-hybridized carbons (Fsp3) is 0.625. The average molecular weight is 274 g/mol. The topological polar surface area (TPSA) is 58.5 Å². The molecule has 4 nitrogen and oxygen atoms in total. The van der Waals surface area contributed by atoms with E-state index in [4.69, 9.17) is 11.5 Å². The molecule has 2 aliphatic rings. The number of hydrogen-bond donors (Lipinski definition) is 2. The second-order valence-electron chi connectivity index (χ2n) is 6.25. The van der Waals surface area contributed by atoms with E-state index < -0.39 is 0 Å². The molecule has 2 heterocycles. The molecule has 20 heavy (non-hydrogen) atoms. The zero-order valence-corrected chi connectivity index (χ0v) is 12.2. The van der Waals surface area contributed by atoms with Crippen molar-refractivity contribution in [3.8, 4) is 0 Å². The number of nitrogens with zero attached hydrogens (tertiary/aromatic N) is 2. The molecule has 0 unspecified atom stereocenters. The third-order valence-electron chi connectivity index (χ3n) is 4.77. The molecule has 0 bridgehead atoms. The van der Waals surface area contributed by atoms with Crippen LogP contribution >= 0.6 is 0 Å². The minimum atomic E-state index is 0.678. The maximum absolute atomic E-state index is 5.91. The zero-order valence-electron chi connectivity index (χ0n) is 12.2. The first-order chi connectivity index (χ1) is 9.72. The van der Waals surface area contributed by atoms with Crippen molar-refractivity contribution in [2.75, 3.05) is 49.1 Å². The third-order valence-corrected chi connectivity index (χ3v) is 4.77. The summed E-state index contributed by atoms with van der Waals surface area (Å²) in [6.45, 7) is 6.21. The molecule has 1 aromatic carbocycles. The summed E-state index contributed by atoms with van der Waals surface area (Å²) in [5.41, 5.74) is 14.3. The maximum atomic E-state index is 5.91. The van der Waals surface area contributed by atoms with Crippen molar-refractivity contribution in [3.63, 3.8) is 0 Å². The first-order valence-electron chi connectivity index (χ1n) is 7.84. The van der Waals surface area contributed by atoms with Gasteiger partial charge >= 0.3 is 0 Å². The highest BCUT2D eigenvalue weighted by Gasteiger charge is 2.23. The van der Waals surface area contributed by atoms with Gasteiger partial charge in [0.05, 0.1) is 11.4 Å². The number of rotatable bonds is 3. The van der Waals surface area contributed by atoms with Gasteiger partial charge in [0.15, 0.2) is 0 Å². The van der Waals surface area contributed by atoms with Gasteiger partial charge in [0, 0.05) is 25.3 Å². The highest BCUT2D eigenvalue weighted by atomic mass is 15.2. The number of piperidine rings is 1.